The molecule has 6 heteroatoms. The molecule has 0 saturated carbocycles. The fourth-order valence-electron chi connectivity index (χ4n) is 1.10. The van der Waals surface area contributed by atoms with Crippen LogP contribution in [0, 0.1) is 0 Å². The predicted molar refractivity (Wildman–Crippen MR) is 46.0 cm³/mol. The molecule has 0 nitrogen and oxygen atoms in total. The molecule has 84 valence electrons. The molecule has 0 amide bonds. The predicted octanol–water partition coefficient (Wildman–Crippen LogP) is 4.38. The molecule has 0 saturated heterocycles. The van der Waals surface area contributed by atoms with E-state index in [-0.39, 0.29) is 11.4 Å². The van der Waals surface area contributed by atoms with Crippen LogP contribution in [0.2, 0.25) is 0 Å². The Labute approximate surface area is 87.7 Å². The van der Waals surface area contributed by atoms with Gasteiger partial charge in [-0.25, -0.2) is 8.78 Å². The van der Waals surface area contributed by atoms with Gasteiger partial charge in [-0.3, -0.25) is 0 Å². The second-order valence-electron chi connectivity index (χ2n) is 2.85. The van der Waals surface area contributed by atoms with Crippen molar-refractivity contribution in [1.29, 1.82) is 0 Å². The number of halogens is 6. The molecule has 0 aliphatic heterocycles. The van der Waals surface area contributed by atoms with E-state index in [0.717, 1.165) is 12.1 Å². The van der Waals surface area contributed by atoms with Gasteiger partial charge in [0.25, 0.3) is 6.43 Å². The Morgan fingerprint density at radius 2 is 1.80 bits per heavy atom. The first-order valence-electron chi connectivity index (χ1n) is 3.90. The van der Waals surface area contributed by atoms with Crippen molar-refractivity contribution < 1.29 is 22.0 Å². The maximum Gasteiger partial charge on any atom is 0.416 e. The van der Waals surface area contributed by atoms with Gasteiger partial charge in [-0.05, 0) is 17.7 Å². The van der Waals surface area contributed by atoms with Gasteiger partial charge in [0.1, 0.15) is 0 Å². The van der Waals surface area contributed by atoms with E-state index in [1.54, 1.807) is 0 Å². The summed E-state index contributed by atoms with van der Waals surface area (Å²) in [5, 5.41) is 0. The molecule has 15 heavy (non-hydrogen) atoms. The third-order valence-corrected chi connectivity index (χ3v) is 2.14. The van der Waals surface area contributed by atoms with Crippen LogP contribution in [0.25, 0.3) is 0 Å². The highest BCUT2D eigenvalue weighted by Gasteiger charge is 2.31. The van der Waals surface area contributed by atoms with Crippen molar-refractivity contribution in [3.05, 3.63) is 34.9 Å². The Hall–Kier alpha value is -0.840. The quantitative estimate of drug-likeness (QED) is 0.535. The van der Waals surface area contributed by atoms with Gasteiger partial charge in [-0.15, -0.1) is 11.6 Å². The van der Waals surface area contributed by atoms with Crippen molar-refractivity contribution in [2.45, 2.75) is 18.5 Å². The minimum Gasteiger partial charge on any atom is -0.205 e. The minimum atomic E-state index is -4.62. The van der Waals surface area contributed by atoms with E-state index in [4.69, 9.17) is 11.6 Å². The zero-order valence-corrected chi connectivity index (χ0v) is 8.04. The molecule has 0 aliphatic carbocycles. The smallest absolute Gasteiger partial charge is 0.205 e. The van der Waals surface area contributed by atoms with E-state index in [1.165, 1.54) is 0 Å². The molecule has 0 heterocycles. The molecule has 0 fully saturated rings. The van der Waals surface area contributed by atoms with E-state index < -0.39 is 23.7 Å². The zero-order chi connectivity index (χ0) is 11.6. The lowest BCUT2D eigenvalue weighted by molar-refractivity contribution is -0.137. The van der Waals surface area contributed by atoms with Gasteiger partial charge in [-0.1, -0.05) is 6.07 Å². The van der Waals surface area contributed by atoms with Crippen LogP contribution in [0.4, 0.5) is 22.0 Å². The van der Waals surface area contributed by atoms with E-state index in [9.17, 15) is 22.0 Å². The summed E-state index contributed by atoms with van der Waals surface area (Å²) in [6.45, 7) is 0. The lowest BCUT2D eigenvalue weighted by Crippen LogP contribution is -2.06. The summed E-state index contributed by atoms with van der Waals surface area (Å²) in [6.07, 6.45) is -7.57. The molecule has 0 spiro atoms. The Bertz CT molecular complexity index is 345. The molecular weight excluding hydrogens is 239 g/mol. The Morgan fingerprint density at radius 3 is 2.20 bits per heavy atom. The van der Waals surface area contributed by atoms with Crippen LogP contribution in [-0.2, 0) is 12.1 Å². The zero-order valence-electron chi connectivity index (χ0n) is 7.28. The van der Waals surface area contributed by atoms with Gasteiger partial charge >= 0.3 is 6.18 Å². The Morgan fingerprint density at radius 1 is 1.20 bits per heavy atom. The third-order valence-electron chi connectivity index (χ3n) is 1.85. The Balaban J connectivity index is 3.22. The highest BCUT2D eigenvalue weighted by Crippen LogP contribution is 2.33. The number of alkyl halides is 6. The van der Waals surface area contributed by atoms with Crippen molar-refractivity contribution >= 4 is 11.6 Å². The monoisotopic (exact) mass is 244 g/mol. The van der Waals surface area contributed by atoms with Crippen molar-refractivity contribution in [3.63, 3.8) is 0 Å². The molecule has 0 bridgehead atoms. The summed E-state index contributed by atoms with van der Waals surface area (Å²) in [7, 11) is 0. The first kappa shape index (κ1) is 12.2. The second kappa shape index (κ2) is 4.35. The maximum absolute atomic E-state index is 12.4. The van der Waals surface area contributed by atoms with E-state index >= 15 is 0 Å². The molecule has 1 aromatic rings. The van der Waals surface area contributed by atoms with Crippen molar-refractivity contribution in [2.24, 2.45) is 0 Å². The first-order valence-corrected chi connectivity index (χ1v) is 4.44. The van der Waals surface area contributed by atoms with Crippen LogP contribution in [-0.4, -0.2) is 0 Å². The normalized spacial score (nSPS) is 12.2. The summed E-state index contributed by atoms with van der Waals surface area (Å²) in [4.78, 5) is 0. The summed E-state index contributed by atoms with van der Waals surface area (Å²) in [6, 6.07) is 2.14. The van der Waals surface area contributed by atoms with Crippen LogP contribution in [0.1, 0.15) is 23.1 Å². The average Bonchev–Trinajstić information content (AvgIpc) is 2.15. The minimum absolute atomic E-state index is 0.0136. The standard InChI is InChI=1S/C9H6ClF5/c10-4-5-1-2-6(9(13,14)15)3-7(5)8(11)12/h1-3,8H,4H2. The molecule has 0 N–H and O–H groups in total. The van der Waals surface area contributed by atoms with Crippen molar-refractivity contribution in [2.75, 3.05) is 0 Å². The topological polar surface area (TPSA) is 0 Å². The van der Waals surface area contributed by atoms with Crippen molar-refractivity contribution in [3.8, 4) is 0 Å². The molecule has 1 aromatic carbocycles. The van der Waals surface area contributed by atoms with E-state index in [1.807, 2.05) is 0 Å². The largest absolute Gasteiger partial charge is 0.416 e. The Kier molecular flexibility index (Phi) is 3.54. The molecule has 0 aliphatic rings. The van der Waals surface area contributed by atoms with Gasteiger partial charge in [0, 0.05) is 11.4 Å². The summed E-state index contributed by atoms with van der Waals surface area (Å²) in [5.74, 6) is -0.238. The number of rotatable bonds is 2. The van der Waals surface area contributed by atoms with E-state index in [0.29, 0.717) is 6.07 Å². The van der Waals surface area contributed by atoms with Crippen LogP contribution >= 0.6 is 11.6 Å². The van der Waals surface area contributed by atoms with Crippen LogP contribution in [0.3, 0.4) is 0 Å². The third kappa shape index (κ3) is 2.81. The van der Waals surface area contributed by atoms with Gasteiger partial charge in [0.05, 0.1) is 5.56 Å². The van der Waals surface area contributed by atoms with Crippen molar-refractivity contribution in [1.82, 2.24) is 0 Å². The summed E-state index contributed by atoms with van der Waals surface area (Å²) < 4.78 is 61.3. The van der Waals surface area contributed by atoms with E-state index in [2.05, 4.69) is 0 Å². The second-order valence-corrected chi connectivity index (χ2v) is 3.11. The summed E-state index contributed by atoms with van der Waals surface area (Å²) >= 11 is 5.33. The average molecular weight is 245 g/mol. The summed E-state index contributed by atoms with van der Waals surface area (Å²) in [5.41, 5.74) is -1.74. The molecule has 1 rings (SSSR count). The molecule has 0 unspecified atom stereocenters. The fourth-order valence-corrected chi connectivity index (χ4v) is 1.34. The molecule has 0 radical (unpaired) electrons. The van der Waals surface area contributed by atoms with Gasteiger partial charge in [0.15, 0.2) is 0 Å². The maximum atomic E-state index is 12.4. The SMILES string of the molecule is FC(F)c1cc(C(F)(F)F)ccc1CCl. The molecule has 0 atom stereocenters. The van der Waals surface area contributed by atoms with Gasteiger partial charge < -0.3 is 0 Å². The van der Waals surface area contributed by atoms with Crippen LogP contribution < -0.4 is 0 Å². The van der Waals surface area contributed by atoms with Crippen LogP contribution in [0.15, 0.2) is 18.2 Å². The highest BCUT2D eigenvalue weighted by molar-refractivity contribution is 6.17. The fraction of sp³-hybridized carbons (Fsp3) is 0.333. The number of hydrogen-bond donors (Lipinski definition) is 0. The molecule has 0 aromatic heterocycles. The van der Waals surface area contributed by atoms with Crippen LogP contribution in [0.5, 0.6) is 0 Å². The lowest BCUT2D eigenvalue weighted by atomic mass is 10.1. The first-order chi connectivity index (χ1) is 6.86. The number of benzene rings is 1. The van der Waals surface area contributed by atoms with Gasteiger partial charge in [-0.2, -0.15) is 13.2 Å². The highest BCUT2D eigenvalue weighted by atomic mass is 35.5. The lowest BCUT2D eigenvalue weighted by Gasteiger charge is -2.11. The molecular formula is C9H6ClF5. The van der Waals surface area contributed by atoms with Gasteiger partial charge in [0.2, 0.25) is 0 Å². The number of hydrogen-bond acceptors (Lipinski definition) is 0.